The number of halogens is 1. The van der Waals surface area contributed by atoms with Crippen molar-refractivity contribution in [2.75, 3.05) is 0 Å². The normalized spacial score (nSPS) is 11.6. The van der Waals surface area contributed by atoms with Crippen molar-refractivity contribution in [3.05, 3.63) is 70.5 Å². The van der Waals surface area contributed by atoms with Crippen LogP contribution in [0.3, 0.4) is 0 Å². The molecular weight excluding hydrogens is 289 g/mol. The highest BCUT2D eigenvalue weighted by Gasteiger charge is 2.12. The molecule has 21 heavy (non-hydrogen) atoms. The van der Waals surface area contributed by atoms with E-state index in [2.05, 4.69) is 4.72 Å². The predicted octanol–water partition coefficient (Wildman–Crippen LogP) is 3.06. The Balaban J connectivity index is 2.02. The number of hydrogen-bond acceptors (Lipinski definition) is 2. The van der Waals surface area contributed by atoms with Gasteiger partial charge in [0.15, 0.2) is 0 Å². The van der Waals surface area contributed by atoms with E-state index in [9.17, 15) is 12.8 Å². The highest BCUT2D eigenvalue weighted by Crippen LogP contribution is 2.12. The third kappa shape index (κ3) is 4.65. The van der Waals surface area contributed by atoms with Crippen LogP contribution in [0.25, 0.3) is 0 Å². The fourth-order valence-electron chi connectivity index (χ4n) is 2.08. The number of sulfonamides is 1. The van der Waals surface area contributed by atoms with Crippen molar-refractivity contribution >= 4 is 10.0 Å². The average molecular weight is 307 g/mol. The van der Waals surface area contributed by atoms with Crippen molar-refractivity contribution in [3.8, 4) is 0 Å². The topological polar surface area (TPSA) is 46.2 Å². The molecule has 0 aliphatic rings. The third-order valence-electron chi connectivity index (χ3n) is 3.25. The van der Waals surface area contributed by atoms with Gasteiger partial charge in [-0.2, -0.15) is 0 Å². The second kappa shape index (κ2) is 6.37. The van der Waals surface area contributed by atoms with Gasteiger partial charge in [0.05, 0.1) is 5.75 Å². The van der Waals surface area contributed by atoms with E-state index in [1.807, 2.05) is 32.0 Å². The molecule has 0 amide bonds. The largest absolute Gasteiger partial charge is 0.216 e. The SMILES string of the molecule is Cc1ccc(CNS(=O)(=O)Cc2ccc(F)cc2)c(C)c1. The Morgan fingerprint density at radius 2 is 1.71 bits per heavy atom. The molecule has 0 aliphatic carbocycles. The van der Waals surface area contributed by atoms with E-state index in [1.54, 1.807) is 0 Å². The first kappa shape index (κ1) is 15.7. The zero-order valence-corrected chi connectivity index (χ0v) is 12.9. The minimum Gasteiger partial charge on any atom is -0.212 e. The molecule has 0 heterocycles. The minimum atomic E-state index is -3.45. The molecule has 0 aliphatic heterocycles. The Morgan fingerprint density at radius 1 is 1.05 bits per heavy atom. The molecule has 2 rings (SSSR count). The molecule has 0 aromatic heterocycles. The summed E-state index contributed by atoms with van der Waals surface area (Å²) in [4.78, 5) is 0. The quantitative estimate of drug-likeness (QED) is 0.923. The molecule has 0 saturated carbocycles. The zero-order chi connectivity index (χ0) is 15.5. The van der Waals surface area contributed by atoms with Crippen LogP contribution in [0, 0.1) is 19.7 Å². The van der Waals surface area contributed by atoms with Crippen LogP contribution in [-0.2, 0) is 22.3 Å². The molecule has 0 fully saturated rings. The lowest BCUT2D eigenvalue weighted by Crippen LogP contribution is -2.25. The Morgan fingerprint density at radius 3 is 2.33 bits per heavy atom. The van der Waals surface area contributed by atoms with Crippen LogP contribution in [0.1, 0.15) is 22.3 Å². The Labute approximate surface area is 124 Å². The molecule has 0 atom stereocenters. The van der Waals surface area contributed by atoms with Crippen LogP contribution in [0.2, 0.25) is 0 Å². The van der Waals surface area contributed by atoms with Crippen LogP contribution in [-0.4, -0.2) is 8.42 Å². The van der Waals surface area contributed by atoms with Crippen molar-refractivity contribution in [1.29, 1.82) is 0 Å². The monoisotopic (exact) mass is 307 g/mol. The van der Waals surface area contributed by atoms with E-state index in [0.29, 0.717) is 5.56 Å². The lowest BCUT2D eigenvalue weighted by atomic mass is 10.1. The molecule has 112 valence electrons. The molecule has 3 nitrogen and oxygen atoms in total. The zero-order valence-electron chi connectivity index (χ0n) is 12.1. The maximum absolute atomic E-state index is 12.8. The third-order valence-corrected chi connectivity index (χ3v) is 4.55. The Hall–Kier alpha value is -1.72. The summed E-state index contributed by atoms with van der Waals surface area (Å²) in [5.41, 5.74) is 3.71. The molecule has 2 aromatic carbocycles. The number of nitrogens with one attached hydrogen (secondary N) is 1. The lowest BCUT2D eigenvalue weighted by Gasteiger charge is -2.09. The van der Waals surface area contributed by atoms with E-state index in [-0.39, 0.29) is 18.1 Å². The van der Waals surface area contributed by atoms with Crippen molar-refractivity contribution in [2.45, 2.75) is 26.1 Å². The molecule has 0 unspecified atom stereocenters. The van der Waals surface area contributed by atoms with Crippen LogP contribution < -0.4 is 4.72 Å². The summed E-state index contributed by atoms with van der Waals surface area (Å²) in [6.45, 7) is 4.21. The number of benzene rings is 2. The van der Waals surface area contributed by atoms with E-state index in [4.69, 9.17) is 0 Å². The molecule has 0 bridgehead atoms. The molecule has 0 saturated heterocycles. The first-order valence-corrected chi connectivity index (χ1v) is 8.29. The van der Waals surface area contributed by atoms with Gasteiger partial charge in [0.25, 0.3) is 0 Å². The molecule has 1 N–H and O–H groups in total. The van der Waals surface area contributed by atoms with Gasteiger partial charge >= 0.3 is 0 Å². The second-order valence-corrected chi connectivity index (χ2v) is 6.94. The molecular formula is C16H18FNO2S. The van der Waals surface area contributed by atoms with Crippen LogP contribution in [0.5, 0.6) is 0 Å². The van der Waals surface area contributed by atoms with E-state index in [0.717, 1.165) is 16.7 Å². The van der Waals surface area contributed by atoms with Gasteiger partial charge in [0, 0.05) is 6.54 Å². The van der Waals surface area contributed by atoms with Gasteiger partial charge in [-0.15, -0.1) is 0 Å². The summed E-state index contributed by atoms with van der Waals surface area (Å²) in [5, 5.41) is 0. The van der Waals surface area contributed by atoms with Gasteiger partial charge in [-0.3, -0.25) is 0 Å². The Kier molecular flexibility index (Phi) is 4.75. The van der Waals surface area contributed by atoms with E-state index in [1.165, 1.54) is 24.3 Å². The van der Waals surface area contributed by atoms with Gasteiger partial charge in [0.2, 0.25) is 10.0 Å². The molecule has 2 aromatic rings. The maximum atomic E-state index is 12.8. The summed E-state index contributed by atoms with van der Waals surface area (Å²) in [5.74, 6) is -0.530. The standard InChI is InChI=1S/C16H18FNO2S/c1-12-3-6-15(13(2)9-12)10-18-21(19,20)11-14-4-7-16(17)8-5-14/h3-9,18H,10-11H2,1-2H3. The molecule has 5 heteroatoms. The first-order valence-electron chi connectivity index (χ1n) is 6.64. The van der Waals surface area contributed by atoms with Gasteiger partial charge in [-0.1, -0.05) is 35.9 Å². The summed E-state index contributed by atoms with van der Waals surface area (Å²) in [7, 11) is -3.45. The van der Waals surface area contributed by atoms with Crippen LogP contribution in [0.4, 0.5) is 4.39 Å². The number of hydrogen-bond donors (Lipinski definition) is 1. The minimum absolute atomic E-state index is 0.155. The summed E-state index contributed by atoms with van der Waals surface area (Å²) in [6.07, 6.45) is 0. The fraction of sp³-hybridized carbons (Fsp3) is 0.250. The fourth-order valence-corrected chi connectivity index (χ4v) is 3.19. The highest BCUT2D eigenvalue weighted by molar-refractivity contribution is 7.88. The van der Waals surface area contributed by atoms with E-state index >= 15 is 0 Å². The summed E-state index contributed by atoms with van der Waals surface area (Å²) in [6, 6.07) is 11.4. The summed E-state index contributed by atoms with van der Waals surface area (Å²) < 4.78 is 39.4. The second-order valence-electron chi connectivity index (χ2n) is 5.14. The van der Waals surface area contributed by atoms with Gasteiger partial charge in [-0.25, -0.2) is 17.5 Å². The van der Waals surface area contributed by atoms with Crippen LogP contribution >= 0.6 is 0 Å². The predicted molar refractivity (Wildman–Crippen MR) is 81.8 cm³/mol. The average Bonchev–Trinajstić information content (AvgIpc) is 2.40. The van der Waals surface area contributed by atoms with Crippen molar-refractivity contribution in [1.82, 2.24) is 4.72 Å². The number of rotatable bonds is 5. The Bertz CT molecular complexity index is 724. The maximum Gasteiger partial charge on any atom is 0.216 e. The van der Waals surface area contributed by atoms with Gasteiger partial charge in [-0.05, 0) is 42.7 Å². The molecule has 0 spiro atoms. The van der Waals surface area contributed by atoms with Crippen molar-refractivity contribution in [3.63, 3.8) is 0 Å². The lowest BCUT2D eigenvalue weighted by molar-refractivity contribution is 0.580. The van der Waals surface area contributed by atoms with Crippen molar-refractivity contribution < 1.29 is 12.8 Å². The van der Waals surface area contributed by atoms with Crippen LogP contribution in [0.15, 0.2) is 42.5 Å². The first-order chi connectivity index (χ1) is 9.85. The van der Waals surface area contributed by atoms with Gasteiger partial charge in [0.1, 0.15) is 5.82 Å². The highest BCUT2D eigenvalue weighted by atomic mass is 32.2. The molecule has 0 radical (unpaired) electrons. The summed E-state index contributed by atoms with van der Waals surface area (Å²) >= 11 is 0. The van der Waals surface area contributed by atoms with E-state index < -0.39 is 10.0 Å². The van der Waals surface area contributed by atoms with Gasteiger partial charge < -0.3 is 0 Å². The smallest absolute Gasteiger partial charge is 0.212 e. The van der Waals surface area contributed by atoms with Crippen molar-refractivity contribution in [2.24, 2.45) is 0 Å². The number of aryl methyl sites for hydroxylation is 2.